The van der Waals surface area contributed by atoms with E-state index in [1.165, 1.54) is 69.5 Å². The van der Waals surface area contributed by atoms with E-state index >= 15 is 0 Å². The van der Waals surface area contributed by atoms with Gasteiger partial charge in [0.25, 0.3) is 0 Å². The third kappa shape index (κ3) is 4.13. The quantitative estimate of drug-likeness (QED) is 0.199. The molecule has 1 heteroatoms. The molecule has 7 aromatic carbocycles. The molecule has 0 radical (unpaired) electrons. The van der Waals surface area contributed by atoms with Gasteiger partial charge in [0.15, 0.2) is 0 Å². The van der Waals surface area contributed by atoms with Gasteiger partial charge >= 0.3 is 0 Å². The van der Waals surface area contributed by atoms with Crippen LogP contribution in [0.4, 0.5) is 0 Å². The van der Waals surface area contributed by atoms with Crippen LogP contribution in [0.25, 0.3) is 87.8 Å². The largest absolute Gasteiger partial charge is 0.135 e. The van der Waals surface area contributed by atoms with Gasteiger partial charge in [0.1, 0.15) is 0 Å². The number of allylic oxidation sites excluding steroid dienone is 1. The van der Waals surface area contributed by atoms with Crippen LogP contribution in [0.15, 0.2) is 146 Å². The highest BCUT2D eigenvalue weighted by atomic mass is 32.1. The van der Waals surface area contributed by atoms with Crippen LogP contribution < -0.4 is 10.4 Å². The van der Waals surface area contributed by atoms with Crippen LogP contribution >= 0.6 is 11.3 Å². The fourth-order valence-corrected chi connectivity index (χ4v) is 7.83. The van der Waals surface area contributed by atoms with E-state index in [4.69, 9.17) is 0 Å². The van der Waals surface area contributed by atoms with Gasteiger partial charge in [-0.05, 0) is 77.5 Å². The van der Waals surface area contributed by atoms with Crippen molar-refractivity contribution in [3.63, 3.8) is 0 Å². The summed E-state index contributed by atoms with van der Waals surface area (Å²) in [7, 11) is 0. The Morgan fingerprint density at radius 3 is 1.93 bits per heavy atom. The van der Waals surface area contributed by atoms with Crippen molar-refractivity contribution in [1.29, 1.82) is 0 Å². The van der Waals surface area contributed by atoms with Gasteiger partial charge in [-0.2, -0.15) is 0 Å². The molecule has 202 valence electrons. The zero-order chi connectivity index (χ0) is 28.9. The van der Waals surface area contributed by atoms with Gasteiger partial charge in [0.05, 0.1) is 0 Å². The molecular formula is C42H28S. The Kier molecular flexibility index (Phi) is 6.06. The molecular weight excluding hydrogens is 537 g/mol. The fraction of sp³-hybridized carbons (Fsp3) is 0. The number of thiophene rings is 1. The van der Waals surface area contributed by atoms with Gasteiger partial charge in [-0.15, -0.1) is 11.3 Å². The molecule has 0 fully saturated rings. The van der Waals surface area contributed by atoms with Crippen molar-refractivity contribution in [2.24, 2.45) is 0 Å². The predicted octanol–water partition coefficient (Wildman–Crippen LogP) is 10.7. The first-order valence-electron chi connectivity index (χ1n) is 14.6. The second-order valence-electron chi connectivity index (χ2n) is 11.0. The standard InChI is InChI=1S/C42H28S/c1-3-11-33-27(2)40(36-15-6-7-16-37(36)41(33)32-25-20-28-12-4-5-13-31(28)26-32)30-23-21-29(22-24-30)34-17-10-18-38-35-14-8-9-19-39(35)43-42(34)38/h3-26H,1-2H2/b33-11+. The summed E-state index contributed by atoms with van der Waals surface area (Å²) in [4.78, 5) is 0. The first-order valence-corrected chi connectivity index (χ1v) is 15.4. The second-order valence-corrected chi connectivity index (χ2v) is 12.1. The van der Waals surface area contributed by atoms with Crippen LogP contribution in [0.2, 0.25) is 0 Å². The molecule has 0 N–H and O–H groups in total. The Hall–Kier alpha value is -5.24. The predicted molar refractivity (Wildman–Crippen MR) is 190 cm³/mol. The molecule has 0 aliphatic heterocycles. The van der Waals surface area contributed by atoms with Crippen molar-refractivity contribution in [2.45, 2.75) is 0 Å². The van der Waals surface area contributed by atoms with E-state index in [1.807, 2.05) is 17.4 Å². The maximum Gasteiger partial charge on any atom is 0.0433 e. The minimum atomic E-state index is 1.01. The molecule has 0 bridgehead atoms. The number of hydrogen-bond donors (Lipinski definition) is 0. The third-order valence-electron chi connectivity index (χ3n) is 8.57. The molecule has 8 aromatic rings. The lowest BCUT2D eigenvalue weighted by Gasteiger charge is -2.16. The Morgan fingerprint density at radius 2 is 1.14 bits per heavy atom. The lowest BCUT2D eigenvalue weighted by molar-refractivity contribution is 1.53. The highest BCUT2D eigenvalue weighted by Gasteiger charge is 2.15. The van der Waals surface area contributed by atoms with Crippen LogP contribution in [0.3, 0.4) is 0 Å². The summed E-state index contributed by atoms with van der Waals surface area (Å²) in [6.07, 6.45) is 3.99. The summed E-state index contributed by atoms with van der Waals surface area (Å²) in [6.45, 7) is 8.75. The first-order chi connectivity index (χ1) is 21.2. The highest BCUT2D eigenvalue weighted by Crippen LogP contribution is 2.40. The van der Waals surface area contributed by atoms with Crippen molar-refractivity contribution < 1.29 is 0 Å². The first kappa shape index (κ1) is 25.5. The molecule has 0 amide bonds. The summed E-state index contributed by atoms with van der Waals surface area (Å²) in [5, 5.41) is 9.66. The van der Waals surface area contributed by atoms with E-state index in [0.29, 0.717) is 0 Å². The van der Waals surface area contributed by atoms with Gasteiger partial charge in [0.2, 0.25) is 0 Å². The van der Waals surface area contributed by atoms with Gasteiger partial charge < -0.3 is 0 Å². The van der Waals surface area contributed by atoms with Crippen molar-refractivity contribution in [3.8, 4) is 33.4 Å². The molecule has 0 saturated carbocycles. The van der Waals surface area contributed by atoms with E-state index in [1.54, 1.807) is 0 Å². The Bertz CT molecular complexity index is 2480. The molecule has 0 atom stereocenters. The smallest absolute Gasteiger partial charge is 0.0433 e. The van der Waals surface area contributed by atoms with Gasteiger partial charge in [-0.1, -0.05) is 147 Å². The van der Waals surface area contributed by atoms with Crippen LogP contribution in [0.1, 0.15) is 0 Å². The number of rotatable bonds is 4. The summed E-state index contributed by atoms with van der Waals surface area (Å²) in [5.74, 6) is 0. The average molecular weight is 565 g/mol. The Labute approximate surface area is 254 Å². The van der Waals surface area contributed by atoms with Crippen LogP contribution in [-0.2, 0) is 0 Å². The number of fused-ring (bicyclic) bond motifs is 5. The van der Waals surface area contributed by atoms with Crippen molar-refractivity contribution in [3.05, 3.63) is 157 Å². The van der Waals surface area contributed by atoms with E-state index in [-0.39, 0.29) is 0 Å². The van der Waals surface area contributed by atoms with E-state index in [2.05, 4.69) is 153 Å². The van der Waals surface area contributed by atoms with Gasteiger partial charge in [-0.25, -0.2) is 0 Å². The SMILES string of the molecule is C=C/C=c1/c(-c2ccc3ccccc3c2)c2ccccc2c(-c2ccc(-c3cccc4c3sc3ccccc34)cc2)c1=C. The Morgan fingerprint density at radius 1 is 0.512 bits per heavy atom. The monoisotopic (exact) mass is 564 g/mol. The van der Waals surface area contributed by atoms with Crippen molar-refractivity contribution in [2.75, 3.05) is 0 Å². The normalized spacial score (nSPS) is 12.0. The molecule has 1 aromatic heterocycles. The molecule has 8 rings (SSSR count). The molecule has 0 nitrogen and oxygen atoms in total. The van der Waals surface area contributed by atoms with Crippen LogP contribution in [-0.4, -0.2) is 0 Å². The maximum atomic E-state index is 4.68. The van der Waals surface area contributed by atoms with Crippen LogP contribution in [0.5, 0.6) is 0 Å². The maximum absolute atomic E-state index is 4.68. The molecule has 1 heterocycles. The molecule has 43 heavy (non-hydrogen) atoms. The molecule has 0 unspecified atom stereocenters. The summed E-state index contributed by atoms with van der Waals surface area (Å²) >= 11 is 1.87. The van der Waals surface area contributed by atoms with E-state index in [0.717, 1.165) is 16.0 Å². The molecule has 0 aliphatic rings. The third-order valence-corrected chi connectivity index (χ3v) is 9.79. The van der Waals surface area contributed by atoms with E-state index in [9.17, 15) is 0 Å². The molecule has 0 aliphatic carbocycles. The van der Waals surface area contributed by atoms with Gasteiger partial charge in [0, 0.05) is 20.2 Å². The molecule has 0 saturated heterocycles. The minimum Gasteiger partial charge on any atom is -0.135 e. The number of hydrogen-bond acceptors (Lipinski definition) is 1. The Balaban J connectivity index is 1.33. The van der Waals surface area contributed by atoms with Crippen LogP contribution in [0, 0.1) is 0 Å². The number of benzene rings is 7. The zero-order valence-corrected chi connectivity index (χ0v) is 24.5. The molecule has 0 spiro atoms. The van der Waals surface area contributed by atoms with Crippen molar-refractivity contribution in [1.82, 2.24) is 0 Å². The second kappa shape index (κ2) is 10.2. The minimum absolute atomic E-state index is 1.01. The topological polar surface area (TPSA) is 0 Å². The summed E-state index contributed by atoms with van der Waals surface area (Å²) in [6, 6.07) is 48.4. The highest BCUT2D eigenvalue weighted by molar-refractivity contribution is 7.26. The lowest BCUT2D eigenvalue weighted by atomic mass is 9.87. The van der Waals surface area contributed by atoms with Crippen molar-refractivity contribution >= 4 is 65.7 Å². The average Bonchev–Trinajstić information content (AvgIpc) is 3.44. The zero-order valence-electron chi connectivity index (χ0n) is 23.7. The summed E-state index contributed by atoms with van der Waals surface area (Å²) < 4.78 is 2.66. The summed E-state index contributed by atoms with van der Waals surface area (Å²) in [5.41, 5.74) is 7.21. The fourth-order valence-electron chi connectivity index (χ4n) is 6.59. The van der Waals surface area contributed by atoms with E-state index < -0.39 is 0 Å². The lowest BCUT2D eigenvalue weighted by Crippen LogP contribution is -2.28. The van der Waals surface area contributed by atoms with Gasteiger partial charge in [-0.3, -0.25) is 0 Å².